The first-order valence-corrected chi connectivity index (χ1v) is 2.78. The van der Waals surface area contributed by atoms with E-state index in [-0.39, 0.29) is 12.0 Å². The number of hydrogen-bond donors (Lipinski definition) is 0. The third-order valence-corrected chi connectivity index (χ3v) is 1.61. The van der Waals surface area contributed by atoms with Crippen molar-refractivity contribution in [3.05, 3.63) is 0 Å². The van der Waals surface area contributed by atoms with Crippen LogP contribution in [0, 0.1) is 0 Å². The maximum Gasteiger partial charge on any atom is 0.324 e. The molecule has 2 fully saturated rings. The molecule has 2 unspecified atom stereocenters. The number of morpholine rings is 1. The molecule has 0 amide bonds. The Morgan fingerprint density at radius 1 is 1.75 bits per heavy atom. The molecule has 2 aliphatic rings. The maximum absolute atomic E-state index is 10.6. The molecule has 0 spiro atoms. The smallest absolute Gasteiger partial charge is 0.324 e. The van der Waals surface area contributed by atoms with Gasteiger partial charge >= 0.3 is 5.97 Å². The summed E-state index contributed by atoms with van der Waals surface area (Å²) in [6.45, 7) is 2.46. The molecule has 2 heterocycles. The second-order valence-electron chi connectivity index (χ2n) is 2.18. The Labute approximate surface area is 47.2 Å². The second-order valence-corrected chi connectivity index (χ2v) is 2.18. The van der Waals surface area contributed by atoms with E-state index >= 15 is 0 Å². The van der Waals surface area contributed by atoms with Gasteiger partial charge in [0, 0.05) is 13.1 Å². The third kappa shape index (κ3) is 0.448. The third-order valence-electron chi connectivity index (χ3n) is 1.61. The van der Waals surface area contributed by atoms with Gasteiger partial charge < -0.3 is 4.74 Å². The normalized spacial score (nSPS) is 42.8. The lowest BCUT2D eigenvalue weighted by Gasteiger charge is -2.09. The fourth-order valence-corrected chi connectivity index (χ4v) is 1.01. The summed E-state index contributed by atoms with van der Waals surface area (Å²) in [6, 6.07) is 0.142. The maximum atomic E-state index is 10.6. The number of hydrogen-bond acceptors (Lipinski definition) is 3. The van der Waals surface area contributed by atoms with Gasteiger partial charge in [0.25, 0.3) is 0 Å². The molecule has 2 atom stereocenters. The molecule has 8 heavy (non-hydrogen) atoms. The average molecular weight is 113 g/mol. The molecule has 0 aromatic carbocycles. The first kappa shape index (κ1) is 4.32. The topological polar surface area (TPSA) is 29.3 Å². The lowest BCUT2D eigenvalue weighted by molar-refractivity contribution is -0.146. The summed E-state index contributed by atoms with van der Waals surface area (Å²) in [5.74, 6) is -0.0312. The van der Waals surface area contributed by atoms with E-state index < -0.39 is 0 Å². The Hall–Kier alpha value is -0.570. The molecule has 0 aromatic heterocycles. The van der Waals surface area contributed by atoms with Gasteiger partial charge in [-0.25, -0.2) is 0 Å². The first-order chi connectivity index (χ1) is 3.88. The van der Waals surface area contributed by atoms with Crippen molar-refractivity contribution in [1.29, 1.82) is 0 Å². The standard InChI is InChI=1S/C5H7NO2/c7-5-4-3-6(4)1-2-8-5/h4H,1-3H2. The average Bonchev–Trinajstić information content (AvgIpc) is 2.45. The molecule has 2 aliphatic heterocycles. The highest BCUT2D eigenvalue weighted by Crippen LogP contribution is 2.21. The zero-order chi connectivity index (χ0) is 5.56. The Kier molecular flexibility index (Phi) is 0.663. The van der Waals surface area contributed by atoms with E-state index in [1.54, 1.807) is 0 Å². The van der Waals surface area contributed by atoms with Crippen molar-refractivity contribution in [3.63, 3.8) is 0 Å². The Bertz CT molecular complexity index is 134. The minimum absolute atomic E-state index is 0.0312. The Balaban J connectivity index is 2.08. The number of fused-ring (bicyclic) bond motifs is 1. The van der Waals surface area contributed by atoms with Crippen molar-refractivity contribution in [2.45, 2.75) is 6.04 Å². The van der Waals surface area contributed by atoms with Gasteiger partial charge in [0.15, 0.2) is 0 Å². The molecule has 44 valence electrons. The van der Waals surface area contributed by atoms with E-state index in [1.165, 1.54) is 0 Å². The van der Waals surface area contributed by atoms with Gasteiger partial charge in [-0.1, -0.05) is 0 Å². The highest BCUT2D eigenvalue weighted by molar-refractivity contribution is 5.79. The molecule has 0 radical (unpaired) electrons. The minimum atomic E-state index is -0.0312. The molecule has 0 N–H and O–H groups in total. The first-order valence-electron chi connectivity index (χ1n) is 2.78. The number of rotatable bonds is 0. The van der Waals surface area contributed by atoms with Crippen LogP contribution in [0.4, 0.5) is 0 Å². The summed E-state index contributed by atoms with van der Waals surface area (Å²) in [6.07, 6.45) is 0. The number of carbonyl (C=O) groups is 1. The minimum Gasteiger partial charge on any atom is -0.463 e. The highest BCUT2D eigenvalue weighted by atomic mass is 16.5. The highest BCUT2D eigenvalue weighted by Gasteiger charge is 2.44. The molecule has 0 bridgehead atoms. The van der Waals surface area contributed by atoms with Crippen LogP contribution in [0.2, 0.25) is 0 Å². The van der Waals surface area contributed by atoms with Gasteiger partial charge in [-0.05, 0) is 0 Å². The number of ether oxygens (including phenoxy) is 1. The molecule has 0 saturated carbocycles. The van der Waals surface area contributed by atoms with Crippen LogP contribution in [0.25, 0.3) is 0 Å². The number of esters is 1. The Morgan fingerprint density at radius 2 is 2.62 bits per heavy atom. The molecule has 2 saturated heterocycles. The van der Waals surface area contributed by atoms with Crippen LogP contribution in [0.1, 0.15) is 0 Å². The quantitative estimate of drug-likeness (QED) is 0.305. The zero-order valence-corrected chi connectivity index (χ0v) is 4.46. The van der Waals surface area contributed by atoms with Crippen molar-refractivity contribution >= 4 is 5.97 Å². The van der Waals surface area contributed by atoms with Crippen LogP contribution in [-0.2, 0) is 9.53 Å². The summed E-state index contributed by atoms with van der Waals surface area (Å²) in [5.41, 5.74) is 0. The van der Waals surface area contributed by atoms with Gasteiger partial charge in [-0.15, -0.1) is 0 Å². The van der Waals surface area contributed by atoms with Crippen LogP contribution in [-0.4, -0.2) is 36.6 Å². The van der Waals surface area contributed by atoms with Gasteiger partial charge in [0.05, 0.1) is 0 Å². The SMILES string of the molecule is O=C1OCCN2CC12. The van der Waals surface area contributed by atoms with Gasteiger partial charge in [0.1, 0.15) is 12.6 Å². The van der Waals surface area contributed by atoms with Gasteiger partial charge in [-0.2, -0.15) is 0 Å². The number of carbonyl (C=O) groups excluding carboxylic acids is 1. The molecule has 3 heteroatoms. The van der Waals surface area contributed by atoms with E-state index in [2.05, 4.69) is 4.90 Å². The summed E-state index contributed by atoms with van der Waals surface area (Å²) < 4.78 is 4.75. The second kappa shape index (κ2) is 1.23. The van der Waals surface area contributed by atoms with E-state index in [0.717, 1.165) is 13.1 Å². The van der Waals surface area contributed by atoms with E-state index in [1.807, 2.05) is 0 Å². The summed E-state index contributed by atoms with van der Waals surface area (Å²) in [4.78, 5) is 12.7. The van der Waals surface area contributed by atoms with Crippen LogP contribution in [0.15, 0.2) is 0 Å². The van der Waals surface area contributed by atoms with Crippen molar-refractivity contribution in [2.75, 3.05) is 19.7 Å². The largest absolute Gasteiger partial charge is 0.463 e. The fourth-order valence-electron chi connectivity index (χ4n) is 1.01. The zero-order valence-electron chi connectivity index (χ0n) is 4.46. The van der Waals surface area contributed by atoms with Crippen molar-refractivity contribution in [1.82, 2.24) is 4.90 Å². The molecular formula is C5H7NO2. The number of cyclic esters (lactones) is 1. The van der Waals surface area contributed by atoms with E-state index in [4.69, 9.17) is 4.74 Å². The van der Waals surface area contributed by atoms with Crippen LogP contribution >= 0.6 is 0 Å². The van der Waals surface area contributed by atoms with E-state index in [0.29, 0.717) is 6.61 Å². The predicted molar refractivity (Wildman–Crippen MR) is 26.3 cm³/mol. The van der Waals surface area contributed by atoms with Gasteiger partial charge in [0.2, 0.25) is 0 Å². The van der Waals surface area contributed by atoms with Crippen molar-refractivity contribution in [3.8, 4) is 0 Å². The molecular weight excluding hydrogens is 106 g/mol. The van der Waals surface area contributed by atoms with Crippen LogP contribution < -0.4 is 0 Å². The fraction of sp³-hybridized carbons (Fsp3) is 0.800. The van der Waals surface area contributed by atoms with Crippen molar-refractivity contribution < 1.29 is 9.53 Å². The summed E-state index contributed by atoms with van der Waals surface area (Å²) in [7, 11) is 0. The summed E-state index contributed by atoms with van der Waals surface area (Å²) >= 11 is 0. The predicted octanol–water partition coefficient (Wildman–Crippen LogP) is -0.773. The molecule has 2 rings (SSSR count). The van der Waals surface area contributed by atoms with Crippen LogP contribution in [0.3, 0.4) is 0 Å². The monoisotopic (exact) mass is 113 g/mol. The van der Waals surface area contributed by atoms with E-state index in [9.17, 15) is 4.79 Å². The van der Waals surface area contributed by atoms with Gasteiger partial charge in [-0.3, -0.25) is 9.69 Å². The Morgan fingerprint density at radius 3 is 3.25 bits per heavy atom. The van der Waals surface area contributed by atoms with Crippen LogP contribution in [0.5, 0.6) is 0 Å². The molecule has 3 nitrogen and oxygen atoms in total. The lowest BCUT2D eigenvalue weighted by atomic mass is 10.4. The molecule has 0 aromatic rings. The number of nitrogens with zero attached hydrogens (tertiary/aromatic N) is 1. The molecule has 0 aliphatic carbocycles. The summed E-state index contributed by atoms with van der Waals surface area (Å²) in [5, 5.41) is 0. The lowest BCUT2D eigenvalue weighted by Crippen LogP contribution is -2.26. The van der Waals surface area contributed by atoms with Crippen molar-refractivity contribution in [2.24, 2.45) is 0 Å².